The molecular weight excluding hydrogens is 805 g/mol. The minimum Gasteiger partial charge on any atom is -0.308 e. The van der Waals surface area contributed by atoms with E-state index in [1.807, 2.05) is 66.7 Å². The van der Waals surface area contributed by atoms with Gasteiger partial charge in [0.05, 0.1) is 39.0 Å². The van der Waals surface area contributed by atoms with Gasteiger partial charge in [-0.25, -0.2) is 15.0 Å². The molecule has 0 N–H and O–H groups in total. The van der Waals surface area contributed by atoms with E-state index in [9.17, 15) is 5.26 Å². The Morgan fingerprint density at radius 3 is 1.27 bits per heavy atom. The van der Waals surface area contributed by atoms with E-state index in [0.29, 0.717) is 23.0 Å². The van der Waals surface area contributed by atoms with Crippen molar-refractivity contribution in [2.45, 2.75) is 13.8 Å². The smallest absolute Gasteiger partial charge is 0.166 e. The van der Waals surface area contributed by atoms with E-state index in [1.54, 1.807) is 0 Å². The summed E-state index contributed by atoms with van der Waals surface area (Å²) in [4.78, 5) is 15.7. The van der Waals surface area contributed by atoms with Gasteiger partial charge in [0.25, 0.3) is 0 Å². The van der Waals surface area contributed by atoms with Crippen molar-refractivity contribution in [2.24, 2.45) is 0 Å². The molecule has 3 aromatic heterocycles. The molecule has 0 amide bonds. The van der Waals surface area contributed by atoms with E-state index in [0.717, 1.165) is 82.8 Å². The molecule has 0 saturated heterocycles. The molecule has 0 aliphatic carbocycles. The number of aromatic nitrogens is 5. The number of fused-ring (bicyclic) bond motifs is 6. The van der Waals surface area contributed by atoms with Crippen LogP contribution in [0.5, 0.6) is 0 Å². The van der Waals surface area contributed by atoms with Crippen LogP contribution in [0.4, 0.5) is 0 Å². The third-order valence-electron chi connectivity index (χ3n) is 12.9. The summed E-state index contributed by atoms with van der Waals surface area (Å²) in [7, 11) is 0. The van der Waals surface area contributed by atoms with E-state index in [4.69, 9.17) is 15.0 Å². The Hall–Kier alpha value is -8.92. The Morgan fingerprint density at radius 2 is 0.773 bits per heavy atom. The van der Waals surface area contributed by atoms with Crippen molar-refractivity contribution < 1.29 is 0 Å². The predicted molar refractivity (Wildman–Crippen MR) is 270 cm³/mol. The van der Waals surface area contributed by atoms with Crippen LogP contribution in [0.1, 0.15) is 16.7 Å². The number of aryl methyl sites for hydroxylation is 2. The monoisotopic (exact) mass is 844 g/mol. The van der Waals surface area contributed by atoms with Crippen LogP contribution in [0.2, 0.25) is 0 Å². The number of nitriles is 1. The average Bonchev–Trinajstić information content (AvgIpc) is 3.88. The van der Waals surface area contributed by atoms with Gasteiger partial charge in [0.2, 0.25) is 0 Å². The zero-order valence-electron chi connectivity index (χ0n) is 36.3. The molecule has 0 spiro atoms. The predicted octanol–water partition coefficient (Wildman–Crippen LogP) is 14.9. The van der Waals surface area contributed by atoms with Crippen molar-refractivity contribution in [3.63, 3.8) is 0 Å². The summed E-state index contributed by atoms with van der Waals surface area (Å²) >= 11 is 0. The normalized spacial score (nSPS) is 11.5. The van der Waals surface area contributed by atoms with E-state index < -0.39 is 0 Å². The van der Waals surface area contributed by atoms with Crippen molar-refractivity contribution in [2.75, 3.05) is 0 Å². The molecule has 12 rings (SSSR count). The molecular formula is C60H40N6. The van der Waals surface area contributed by atoms with Crippen molar-refractivity contribution in [1.29, 1.82) is 5.26 Å². The van der Waals surface area contributed by atoms with Gasteiger partial charge in [-0.2, -0.15) is 5.26 Å². The van der Waals surface area contributed by atoms with Crippen LogP contribution in [-0.2, 0) is 0 Å². The fourth-order valence-electron chi connectivity index (χ4n) is 9.74. The molecule has 0 bridgehead atoms. The van der Waals surface area contributed by atoms with Crippen LogP contribution in [0.3, 0.4) is 0 Å². The Balaban J connectivity index is 1.18. The second kappa shape index (κ2) is 15.7. The number of hydrogen-bond donors (Lipinski definition) is 0. The van der Waals surface area contributed by atoms with Crippen LogP contribution >= 0.6 is 0 Å². The third-order valence-corrected chi connectivity index (χ3v) is 12.9. The zero-order valence-corrected chi connectivity index (χ0v) is 36.3. The molecule has 66 heavy (non-hydrogen) atoms. The minimum absolute atomic E-state index is 0.494. The summed E-state index contributed by atoms with van der Waals surface area (Å²) in [6.45, 7) is 4.31. The van der Waals surface area contributed by atoms with Gasteiger partial charge in [0.1, 0.15) is 6.07 Å². The van der Waals surface area contributed by atoms with Gasteiger partial charge in [-0.3, -0.25) is 0 Å². The number of benzene rings is 9. The summed E-state index contributed by atoms with van der Waals surface area (Å²) in [5, 5.41) is 15.8. The van der Waals surface area contributed by atoms with E-state index in [2.05, 4.69) is 169 Å². The molecule has 0 radical (unpaired) electrons. The Kier molecular flexibility index (Phi) is 9.22. The first kappa shape index (κ1) is 38.7. The first-order valence-corrected chi connectivity index (χ1v) is 22.2. The summed E-state index contributed by atoms with van der Waals surface area (Å²) in [5.74, 6) is 1.61. The molecule has 12 aromatic rings. The van der Waals surface area contributed by atoms with E-state index >= 15 is 0 Å². The van der Waals surface area contributed by atoms with Gasteiger partial charge in [0, 0.05) is 38.2 Å². The number of rotatable bonds is 7. The van der Waals surface area contributed by atoms with Crippen LogP contribution in [0.15, 0.2) is 206 Å². The Bertz CT molecular complexity index is 3850. The van der Waals surface area contributed by atoms with Crippen molar-refractivity contribution in [3.8, 4) is 73.9 Å². The second-order valence-corrected chi connectivity index (χ2v) is 16.8. The highest BCUT2D eigenvalue weighted by Crippen LogP contribution is 2.42. The van der Waals surface area contributed by atoms with Gasteiger partial charge in [-0.15, -0.1) is 0 Å². The van der Waals surface area contributed by atoms with Gasteiger partial charge >= 0.3 is 0 Å². The lowest BCUT2D eigenvalue weighted by molar-refractivity contribution is 1.06. The molecule has 6 nitrogen and oxygen atoms in total. The first-order chi connectivity index (χ1) is 32.5. The molecule has 0 atom stereocenters. The van der Waals surface area contributed by atoms with E-state index in [-0.39, 0.29) is 0 Å². The lowest BCUT2D eigenvalue weighted by atomic mass is 9.99. The molecule has 3 heterocycles. The highest BCUT2D eigenvalue weighted by molar-refractivity contribution is 6.12. The maximum atomic E-state index is 11.4. The van der Waals surface area contributed by atoms with Gasteiger partial charge in [-0.05, 0) is 95.8 Å². The van der Waals surface area contributed by atoms with Crippen molar-refractivity contribution >= 4 is 43.6 Å². The molecule has 0 aliphatic heterocycles. The third kappa shape index (κ3) is 6.37. The van der Waals surface area contributed by atoms with Gasteiger partial charge < -0.3 is 9.13 Å². The minimum atomic E-state index is 0.494. The molecule has 0 fully saturated rings. The lowest BCUT2D eigenvalue weighted by Gasteiger charge is -2.19. The number of hydrogen-bond acceptors (Lipinski definition) is 4. The van der Waals surface area contributed by atoms with Crippen LogP contribution in [-0.4, -0.2) is 24.1 Å². The van der Waals surface area contributed by atoms with E-state index in [1.165, 1.54) is 22.3 Å². The SMILES string of the molecule is Cc1ccccc1-c1ccc2c(c1)c1ccccc1n2-c1cc(-c2nc(-c3ccccc3)nc(-c3ccccc3)n2)c(-n2c3ccccc3c3cc(-c4ccccc4C)ccc32)cc1C#N. The fourth-order valence-corrected chi connectivity index (χ4v) is 9.74. The quantitative estimate of drug-likeness (QED) is 0.160. The molecule has 0 aliphatic rings. The zero-order chi connectivity index (χ0) is 44.3. The number of para-hydroxylation sites is 2. The first-order valence-electron chi connectivity index (χ1n) is 22.2. The highest BCUT2D eigenvalue weighted by Gasteiger charge is 2.25. The Morgan fingerprint density at radius 1 is 0.348 bits per heavy atom. The maximum absolute atomic E-state index is 11.4. The molecule has 9 aromatic carbocycles. The molecule has 0 unspecified atom stereocenters. The Labute approximate surface area is 382 Å². The topological polar surface area (TPSA) is 72.3 Å². The summed E-state index contributed by atoms with van der Waals surface area (Å²) in [6.07, 6.45) is 0. The lowest BCUT2D eigenvalue weighted by Crippen LogP contribution is -2.07. The molecule has 310 valence electrons. The summed E-state index contributed by atoms with van der Waals surface area (Å²) in [6, 6.07) is 74.3. The fraction of sp³-hybridized carbons (Fsp3) is 0.0333. The standard InChI is InChI=1S/C60H40N6/c1-38-17-9-11-23-45(38)42-29-31-54-49(33-42)47-25-13-15-27-52(47)65(54)56-36-51(60-63-58(40-19-5-3-6-20-40)62-59(64-60)41-21-7-4-8-22-41)57(35-44(56)37-61)66-53-28-16-14-26-48(53)50-34-43(30-32-55(50)66)46-24-12-10-18-39(46)2/h3-36H,1-2H3. The maximum Gasteiger partial charge on any atom is 0.166 e. The summed E-state index contributed by atoms with van der Waals surface area (Å²) < 4.78 is 4.51. The van der Waals surface area contributed by atoms with Crippen molar-refractivity contribution in [3.05, 3.63) is 223 Å². The van der Waals surface area contributed by atoms with Gasteiger partial charge in [-0.1, -0.05) is 158 Å². The molecule has 6 heteroatoms. The average molecular weight is 845 g/mol. The molecule has 0 saturated carbocycles. The van der Waals surface area contributed by atoms with Crippen LogP contribution in [0.25, 0.3) is 111 Å². The van der Waals surface area contributed by atoms with Crippen molar-refractivity contribution in [1.82, 2.24) is 24.1 Å². The summed E-state index contributed by atoms with van der Waals surface area (Å²) in [5.41, 5.74) is 15.7. The largest absolute Gasteiger partial charge is 0.308 e. The second-order valence-electron chi connectivity index (χ2n) is 16.8. The van der Waals surface area contributed by atoms with Crippen LogP contribution in [0, 0.1) is 25.2 Å². The van der Waals surface area contributed by atoms with Gasteiger partial charge in [0.15, 0.2) is 17.5 Å². The highest BCUT2D eigenvalue weighted by atomic mass is 15.1. The van der Waals surface area contributed by atoms with Crippen LogP contribution < -0.4 is 0 Å². The number of nitrogens with zero attached hydrogens (tertiary/aromatic N) is 6.